The van der Waals surface area contributed by atoms with Gasteiger partial charge in [0.1, 0.15) is 5.75 Å². The van der Waals surface area contributed by atoms with E-state index in [4.69, 9.17) is 9.84 Å². The molecule has 4 heterocycles. The van der Waals surface area contributed by atoms with E-state index in [9.17, 15) is 4.79 Å². The molecule has 0 aliphatic carbocycles. The van der Waals surface area contributed by atoms with Crippen molar-refractivity contribution in [3.05, 3.63) is 101 Å². The van der Waals surface area contributed by atoms with Crippen molar-refractivity contribution in [2.24, 2.45) is 5.10 Å². The Morgan fingerprint density at radius 2 is 1.94 bits per heavy atom. The van der Waals surface area contributed by atoms with Crippen molar-refractivity contribution in [3.8, 4) is 5.75 Å². The first-order valence-corrected chi connectivity index (χ1v) is 10.9. The van der Waals surface area contributed by atoms with Crippen molar-refractivity contribution < 1.29 is 9.53 Å². The lowest BCUT2D eigenvalue weighted by molar-refractivity contribution is -0.127. The molecule has 2 unspecified atom stereocenters. The number of carbonyl (C=O) groups is 1. The van der Waals surface area contributed by atoms with E-state index in [-0.39, 0.29) is 11.9 Å². The van der Waals surface area contributed by atoms with Gasteiger partial charge in [-0.2, -0.15) is 5.10 Å². The van der Waals surface area contributed by atoms with Gasteiger partial charge in [0.2, 0.25) is 0 Å². The van der Waals surface area contributed by atoms with Gasteiger partial charge < -0.3 is 4.74 Å². The average Bonchev–Trinajstić information content (AvgIpc) is 3.39. The van der Waals surface area contributed by atoms with Crippen LogP contribution in [-0.4, -0.2) is 26.8 Å². The number of hydrogen-bond donors (Lipinski definition) is 1. The Balaban J connectivity index is 1.43. The lowest BCUT2D eigenvalue weighted by Gasteiger charge is -2.43. The summed E-state index contributed by atoms with van der Waals surface area (Å²) in [5, 5.41) is 8.78. The molecule has 3 aromatic rings. The van der Waals surface area contributed by atoms with Gasteiger partial charge in [0.05, 0.1) is 16.7 Å². The first-order chi connectivity index (χ1) is 15.2. The second kappa shape index (κ2) is 6.99. The fourth-order valence-electron chi connectivity index (χ4n) is 4.16. The number of aromatic nitrogens is 1. The van der Waals surface area contributed by atoms with Gasteiger partial charge in [-0.05, 0) is 41.1 Å². The summed E-state index contributed by atoms with van der Waals surface area (Å²) >= 11 is 1.34. The number of hydrazone groups is 1. The number of amides is 1. The van der Waals surface area contributed by atoms with Crippen molar-refractivity contribution in [1.29, 1.82) is 0 Å². The van der Waals surface area contributed by atoms with Crippen molar-refractivity contribution in [1.82, 2.24) is 15.3 Å². The molecule has 3 aliphatic heterocycles. The molecule has 6 rings (SSSR count). The molecule has 3 aliphatic rings. The van der Waals surface area contributed by atoms with Crippen molar-refractivity contribution >= 4 is 29.5 Å². The maximum atomic E-state index is 12.9. The summed E-state index contributed by atoms with van der Waals surface area (Å²) in [5.74, 6) is 0.582. The van der Waals surface area contributed by atoms with E-state index < -0.39 is 5.18 Å². The van der Waals surface area contributed by atoms with Gasteiger partial charge in [0, 0.05) is 24.4 Å². The summed E-state index contributed by atoms with van der Waals surface area (Å²) in [4.78, 5) is 17.6. The zero-order chi connectivity index (χ0) is 20.8. The molecule has 31 heavy (non-hydrogen) atoms. The van der Waals surface area contributed by atoms with E-state index in [1.165, 1.54) is 11.8 Å². The molecule has 1 amide bonds. The predicted molar refractivity (Wildman–Crippen MR) is 120 cm³/mol. The highest BCUT2D eigenvalue weighted by atomic mass is 32.2. The number of thioether (sulfide) groups is 1. The Hall–Kier alpha value is -3.58. The number of rotatable bonds is 2. The molecular weight excluding hydrogens is 408 g/mol. The monoisotopic (exact) mass is 426 g/mol. The molecule has 1 fully saturated rings. The summed E-state index contributed by atoms with van der Waals surface area (Å²) in [6, 6.07) is 21.8. The molecule has 2 atom stereocenters. The Morgan fingerprint density at radius 1 is 1.10 bits per heavy atom. The molecule has 152 valence electrons. The van der Waals surface area contributed by atoms with Crippen LogP contribution in [0.1, 0.15) is 29.2 Å². The van der Waals surface area contributed by atoms with Crippen LogP contribution in [0.4, 0.5) is 0 Å². The summed E-state index contributed by atoms with van der Waals surface area (Å²) in [6.07, 6.45) is 6.01. The van der Waals surface area contributed by atoms with E-state index in [1.807, 2.05) is 59.6 Å². The minimum atomic E-state index is -1.12. The predicted octanol–water partition coefficient (Wildman–Crippen LogP) is 4.14. The van der Waals surface area contributed by atoms with E-state index in [0.717, 1.165) is 34.6 Å². The van der Waals surface area contributed by atoms with Gasteiger partial charge in [0.15, 0.2) is 0 Å². The molecule has 0 bridgehead atoms. The zero-order valence-electron chi connectivity index (χ0n) is 16.4. The molecule has 1 spiro atoms. The van der Waals surface area contributed by atoms with Gasteiger partial charge in [-0.25, -0.2) is 5.01 Å². The SMILES string of the molecule is O=C1NC2(Oc3ccccc3C3CC(c4ccccc4)=NN32)SC1=Cc1cccnc1. The number of carbonyl (C=O) groups excluding carboxylic acids is 1. The van der Waals surface area contributed by atoms with Crippen LogP contribution >= 0.6 is 11.8 Å². The van der Waals surface area contributed by atoms with E-state index >= 15 is 0 Å². The first-order valence-electron chi connectivity index (χ1n) is 10.1. The number of fused-ring (bicyclic) bond motifs is 4. The summed E-state index contributed by atoms with van der Waals surface area (Å²) < 4.78 is 6.41. The highest BCUT2D eigenvalue weighted by Crippen LogP contribution is 2.53. The van der Waals surface area contributed by atoms with Crippen LogP contribution in [0.25, 0.3) is 6.08 Å². The minimum absolute atomic E-state index is 0.0225. The third-order valence-corrected chi connectivity index (χ3v) is 6.74. The zero-order valence-corrected chi connectivity index (χ0v) is 17.3. The van der Waals surface area contributed by atoms with Gasteiger partial charge in [-0.1, -0.05) is 54.6 Å². The second-order valence-corrected chi connectivity index (χ2v) is 8.75. The van der Waals surface area contributed by atoms with Crippen LogP contribution in [-0.2, 0) is 4.79 Å². The molecule has 7 heteroatoms. The maximum Gasteiger partial charge on any atom is 0.336 e. The summed E-state index contributed by atoms with van der Waals surface area (Å²) in [5.41, 5.74) is 3.98. The number of benzene rings is 2. The fraction of sp³-hybridized carbons (Fsp3) is 0.125. The van der Waals surface area contributed by atoms with Crippen LogP contribution in [0, 0.1) is 0 Å². The van der Waals surface area contributed by atoms with Gasteiger partial charge in [-0.3, -0.25) is 15.1 Å². The third kappa shape index (κ3) is 3.00. The maximum absolute atomic E-state index is 12.9. The molecule has 1 N–H and O–H groups in total. The molecule has 0 radical (unpaired) electrons. The Kier molecular flexibility index (Phi) is 4.11. The molecule has 6 nitrogen and oxygen atoms in total. The number of para-hydroxylation sites is 1. The first kappa shape index (κ1) is 18.2. The van der Waals surface area contributed by atoms with E-state index in [1.54, 1.807) is 12.4 Å². The van der Waals surface area contributed by atoms with Gasteiger partial charge in [0.25, 0.3) is 5.91 Å². The van der Waals surface area contributed by atoms with Crippen LogP contribution in [0.15, 0.2) is 89.1 Å². The summed E-state index contributed by atoms with van der Waals surface area (Å²) in [6.45, 7) is 0. The fourth-order valence-corrected chi connectivity index (χ4v) is 5.33. The van der Waals surface area contributed by atoms with Crippen molar-refractivity contribution in [3.63, 3.8) is 0 Å². The minimum Gasteiger partial charge on any atom is -0.439 e. The normalized spacial score (nSPS) is 25.1. The molecule has 2 aromatic carbocycles. The van der Waals surface area contributed by atoms with Crippen molar-refractivity contribution in [2.75, 3.05) is 0 Å². The highest BCUT2D eigenvalue weighted by molar-refractivity contribution is 8.05. The number of nitrogens with one attached hydrogen (secondary N) is 1. The summed E-state index contributed by atoms with van der Waals surface area (Å²) in [7, 11) is 0. The Labute approximate surface area is 183 Å². The number of ether oxygens (including phenoxy) is 1. The van der Waals surface area contributed by atoms with Crippen LogP contribution in [0.3, 0.4) is 0 Å². The van der Waals surface area contributed by atoms with Crippen LogP contribution in [0.2, 0.25) is 0 Å². The molecule has 0 saturated carbocycles. The lowest BCUT2D eigenvalue weighted by Crippen LogP contribution is -2.58. The van der Waals surface area contributed by atoms with Gasteiger partial charge >= 0.3 is 5.18 Å². The smallest absolute Gasteiger partial charge is 0.336 e. The number of hydrogen-bond acceptors (Lipinski definition) is 6. The number of nitrogens with zero attached hydrogens (tertiary/aromatic N) is 3. The largest absolute Gasteiger partial charge is 0.439 e. The van der Waals surface area contributed by atoms with Crippen molar-refractivity contribution in [2.45, 2.75) is 17.6 Å². The number of pyridine rings is 1. The van der Waals surface area contributed by atoms with Crippen LogP contribution < -0.4 is 10.1 Å². The van der Waals surface area contributed by atoms with E-state index in [0.29, 0.717) is 4.91 Å². The second-order valence-electron chi connectivity index (χ2n) is 7.55. The Morgan fingerprint density at radius 3 is 2.77 bits per heavy atom. The quantitative estimate of drug-likeness (QED) is 0.624. The molecular formula is C24H18N4O2S. The van der Waals surface area contributed by atoms with Crippen LogP contribution in [0.5, 0.6) is 5.75 Å². The van der Waals surface area contributed by atoms with Gasteiger partial charge in [-0.15, -0.1) is 0 Å². The highest BCUT2D eigenvalue weighted by Gasteiger charge is 2.57. The lowest BCUT2D eigenvalue weighted by atomic mass is 9.97. The van der Waals surface area contributed by atoms with E-state index in [2.05, 4.69) is 28.5 Å². The molecule has 1 aromatic heterocycles. The molecule has 1 saturated heterocycles. The Bertz CT molecular complexity index is 1230. The third-order valence-electron chi connectivity index (χ3n) is 5.57. The topological polar surface area (TPSA) is 66.8 Å². The standard InChI is InChI=1S/C24H18N4O2S/c29-23-22(13-16-7-6-12-25-15-16)31-24(26-23)28-20(18-10-4-5-11-21(18)30-24)14-19(27-28)17-8-2-1-3-9-17/h1-13,15,20H,14H2,(H,26,29). The average molecular weight is 427 g/mol.